The Morgan fingerprint density at radius 2 is 1.62 bits per heavy atom. The molecule has 6 rings (SSSR count). The number of carbonyl (C=O) groups excluding carboxylic acids is 4. The van der Waals surface area contributed by atoms with E-state index in [0.717, 1.165) is 53.0 Å². The summed E-state index contributed by atoms with van der Waals surface area (Å²) in [6, 6.07) is 21.5. The zero-order chi connectivity index (χ0) is 34.1. The van der Waals surface area contributed by atoms with Crippen LogP contribution in [0.15, 0.2) is 82.6 Å². The van der Waals surface area contributed by atoms with Crippen molar-refractivity contribution in [2.75, 3.05) is 34.8 Å². The maximum absolute atomic E-state index is 14.3. The first kappa shape index (κ1) is 33.2. The van der Waals surface area contributed by atoms with Crippen LogP contribution in [0, 0.1) is 12.8 Å². The number of amides is 3. The molecule has 0 saturated carbocycles. The minimum absolute atomic E-state index is 0.227. The number of fused-ring (bicyclic) bond motifs is 2. The molecule has 3 atom stereocenters. The van der Waals surface area contributed by atoms with Gasteiger partial charge in [-0.15, -0.1) is 0 Å². The summed E-state index contributed by atoms with van der Waals surface area (Å²) in [6.45, 7) is 9.46. The Kier molecular flexibility index (Phi) is 9.56. The van der Waals surface area contributed by atoms with E-state index in [1.54, 1.807) is 25.1 Å². The maximum atomic E-state index is 14.3. The molecule has 3 amide bonds. The molecule has 0 aliphatic carbocycles. The number of ether oxygens (including phenoxy) is 1. The number of imide groups is 1. The Balaban J connectivity index is 1.39. The number of nitrogens with zero attached hydrogens (tertiary/aromatic N) is 3. The van der Waals surface area contributed by atoms with Crippen molar-refractivity contribution >= 4 is 63.9 Å². The van der Waals surface area contributed by atoms with E-state index < -0.39 is 29.0 Å². The maximum Gasteiger partial charge on any atom is 0.338 e. The van der Waals surface area contributed by atoms with Gasteiger partial charge in [0.1, 0.15) is 11.8 Å². The number of hydrogen-bond donors (Lipinski definition) is 1. The van der Waals surface area contributed by atoms with E-state index >= 15 is 0 Å². The molecule has 0 radical (unpaired) electrons. The lowest BCUT2D eigenvalue weighted by Gasteiger charge is -2.31. The lowest BCUT2D eigenvalue weighted by atomic mass is 9.83. The molecule has 1 N–H and O–H groups in total. The van der Waals surface area contributed by atoms with Gasteiger partial charge in [-0.1, -0.05) is 47.4 Å². The van der Waals surface area contributed by atoms with Crippen molar-refractivity contribution in [3.63, 3.8) is 0 Å². The Morgan fingerprint density at radius 1 is 0.917 bits per heavy atom. The Morgan fingerprint density at radius 3 is 2.27 bits per heavy atom. The van der Waals surface area contributed by atoms with Gasteiger partial charge in [-0.25, -0.2) is 9.69 Å². The Hall–Kier alpha value is -4.68. The first-order chi connectivity index (χ1) is 23.1. The molecule has 248 valence electrons. The van der Waals surface area contributed by atoms with Gasteiger partial charge < -0.3 is 15.0 Å². The summed E-state index contributed by atoms with van der Waals surface area (Å²) in [7, 11) is 0. The van der Waals surface area contributed by atoms with Crippen LogP contribution in [-0.4, -0.2) is 53.2 Å². The first-order valence-electron chi connectivity index (χ1n) is 15.9. The van der Waals surface area contributed by atoms with Crippen molar-refractivity contribution in [1.82, 2.24) is 4.57 Å². The van der Waals surface area contributed by atoms with Crippen LogP contribution in [0.2, 0.25) is 0 Å². The highest BCUT2D eigenvalue weighted by Crippen LogP contribution is 2.54. The van der Waals surface area contributed by atoms with Gasteiger partial charge in [0, 0.05) is 35.3 Å². The minimum atomic E-state index is -0.831. The standard InChI is InChI=1S/C36H36N4O6S2/c1-5-38(6-2)25-15-11-22(12-16-25)28-29-30(33(43)40(32(29)42)26-17-13-23(14-18-26)35(44)46-7-3)47-34-31(28)48-36(45)39(34)20-27(41)37-24-10-8-9-21(4)19-24/h8-19,28-30H,5-7,20H2,1-4H3,(H,37,41)/t28-,29-,30+/m0/s1. The molecule has 2 aliphatic rings. The fourth-order valence-electron chi connectivity index (χ4n) is 6.38. The molecule has 3 aromatic carbocycles. The van der Waals surface area contributed by atoms with Crippen molar-refractivity contribution in [3.8, 4) is 0 Å². The molecule has 12 heteroatoms. The predicted molar refractivity (Wildman–Crippen MR) is 188 cm³/mol. The highest BCUT2D eigenvalue weighted by molar-refractivity contribution is 8.00. The lowest BCUT2D eigenvalue weighted by molar-refractivity contribution is -0.122. The number of anilines is 3. The molecule has 3 heterocycles. The van der Waals surface area contributed by atoms with Gasteiger partial charge >= 0.3 is 10.8 Å². The van der Waals surface area contributed by atoms with Crippen molar-refractivity contribution in [1.29, 1.82) is 0 Å². The number of esters is 1. The highest BCUT2D eigenvalue weighted by atomic mass is 32.2. The number of rotatable bonds is 10. The van der Waals surface area contributed by atoms with E-state index in [-0.39, 0.29) is 29.8 Å². The second-order valence-electron chi connectivity index (χ2n) is 11.6. The van der Waals surface area contributed by atoms with E-state index in [1.165, 1.54) is 21.6 Å². The number of aromatic nitrogens is 1. The normalized spacial score (nSPS) is 18.3. The van der Waals surface area contributed by atoms with Crippen LogP contribution in [0.5, 0.6) is 0 Å². The van der Waals surface area contributed by atoms with Crippen LogP contribution < -0.4 is 20.0 Å². The molecular weight excluding hydrogens is 649 g/mol. The van der Waals surface area contributed by atoms with Crippen molar-refractivity contribution in [2.24, 2.45) is 5.92 Å². The molecule has 48 heavy (non-hydrogen) atoms. The van der Waals surface area contributed by atoms with E-state index in [1.807, 2.05) is 49.4 Å². The van der Waals surface area contributed by atoms with E-state index in [2.05, 4.69) is 24.1 Å². The van der Waals surface area contributed by atoms with Gasteiger partial charge in [0.05, 0.1) is 28.8 Å². The fraction of sp³-hybridized carbons (Fsp3) is 0.306. The third kappa shape index (κ3) is 6.17. The summed E-state index contributed by atoms with van der Waals surface area (Å²) < 4.78 is 6.49. The number of aryl methyl sites for hydroxylation is 1. The fourth-order valence-corrected chi connectivity index (χ4v) is 9.15. The van der Waals surface area contributed by atoms with Gasteiger partial charge in [0.2, 0.25) is 17.7 Å². The number of hydrogen-bond acceptors (Lipinski definition) is 9. The second kappa shape index (κ2) is 13.8. The smallest absolute Gasteiger partial charge is 0.338 e. The highest BCUT2D eigenvalue weighted by Gasteiger charge is 2.56. The van der Waals surface area contributed by atoms with Crippen LogP contribution >= 0.6 is 23.1 Å². The van der Waals surface area contributed by atoms with Gasteiger partial charge in [-0.05, 0) is 87.4 Å². The summed E-state index contributed by atoms with van der Waals surface area (Å²) in [5, 5.41) is 2.55. The zero-order valence-electron chi connectivity index (χ0n) is 27.1. The molecule has 4 aromatic rings. The predicted octanol–water partition coefficient (Wildman–Crippen LogP) is 5.68. The molecule has 0 unspecified atom stereocenters. The van der Waals surface area contributed by atoms with Crippen molar-refractivity contribution in [2.45, 2.75) is 50.4 Å². The summed E-state index contributed by atoms with van der Waals surface area (Å²) in [6.07, 6.45) is 0. The van der Waals surface area contributed by atoms with Crippen LogP contribution in [0.4, 0.5) is 17.1 Å². The molecule has 2 aliphatic heterocycles. The van der Waals surface area contributed by atoms with Gasteiger partial charge in [-0.3, -0.25) is 23.7 Å². The third-order valence-electron chi connectivity index (χ3n) is 8.67. The van der Waals surface area contributed by atoms with Crippen molar-refractivity contribution < 1.29 is 23.9 Å². The molecule has 1 saturated heterocycles. The Labute approximate surface area is 286 Å². The van der Waals surface area contributed by atoms with E-state index in [0.29, 0.717) is 26.8 Å². The molecule has 10 nitrogen and oxygen atoms in total. The number of thioether (sulfide) groups is 1. The van der Waals surface area contributed by atoms with Gasteiger partial charge in [-0.2, -0.15) is 0 Å². The first-order valence-corrected chi connectivity index (χ1v) is 17.6. The molecule has 0 bridgehead atoms. The number of nitrogens with one attached hydrogen (secondary N) is 1. The average molecular weight is 685 g/mol. The zero-order valence-corrected chi connectivity index (χ0v) is 28.7. The third-order valence-corrected chi connectivity index (χ3v) is 11.3. The number of benzene rings is 3. The number of carbonyl (C=O) groups is 4. The quantitative estimate of drug-likeness (QED) is 0.168. The lowest BCUT2D eigenvalue weighted by Crippen LogP contribution is -2.33. The molecular formula is C36H36N4O6S2. The van der Waals surface area contributed by atoms with Gasteiger partial charge in [0.15, 0.2) is 0 Å². The van der Waals surface area contributed by atoms with Crippen molar-refractivity contribution in [3.05, 3.63) is 104 Å². The number of thiazole rings is 1. The minimum Gasteiger partial charge on any atom is -0.462 e. The second-order valence-corrected chi connectivity index (χ2v) is 13.7. The van der Waals surface area contributed by atoms with Gasteiger partial charge in [0.25, 0.3) is 0 Å². The Bertz CT molecular complexity index is 1930. The molecule has 0 spiro atoms. The molecule has 1 aromatic heterocycles. The van der Waals surface area contributed by atoms with Crippen LogP contribution in [0.3, 0.4) is 0 Å². The average Bonchev–Trinajstić information content (AvgIpc) is 3.52. The SMILES string of the molecule is CCOC(=O)c1ccc(N2C(=O)[C@H]3[C@H](c4ccc(N(CC)CC)cc4)c4sc(=O)n(CC(=O)Nc5cccc(C)c5)c4S[C@H]3C2=O)cc1. The summed E-state index contributed by atoms with van der Waals surface area (Å²) in [5.74, 6) is -3.03. The molecule has 1 fully saturated rings. The van der Waals surface area contributed by atoms with E-state index in [9.17, 15) is 24.0 Å². The monoisotopic (exact) mass is 684 g/mol. The van der Waals surface area contributed by atoms with Crippen LogP contribution in [0.25, 0.3) is 0 Å². The van der Waals surface area contributed by atoms with Crippen LogP contribution in [0.1, 0.15) is 53.1 Å². The topological polar surface area (TPSA) is 118 Å². The summed E-state index contributed by atoms with van der Waals surface area (Å²) >= 11 is 2.18. The largest absolute Gasteiger partial charge is 0.462 e. The van der Waals surface area contributed by atoms with Crippen LogP contribution in [-0.2, 0) is 25.7 Å². The summed E-state index contributed by atoms with van der Waals surface area (Å²) in [5.41, 5.74) is 4.10. The summed E-state index contributed by atoms with van der Waals surface area (Å²) in [4.78, 5) is 71.1. The van der Waals surface area contributed by atoms with E-state index in [4.69, 9.17) is 4.74 Å².